The van der Waals surface area contributed by atoms with Gasteiger partial charge in [0.1, 0.15) is 17.2 Å². The Morgan fingerprint density at radius 1 is 1.03 bits per heavy atom. The van der Waals surface area contributed by atoms with Crippen molar-refractivity contribution in [2.75, 3.05) is 5.32 Å². The molecule has 0 aliphatic heterocycles. The molecule has 9 nitrogen and oxygen atoms in total. The molecule has 1 aliphatic carbocycles. The fourth-order valence-electron chi connectivity index (χ4n) is 3.53. The number of hydrogen-bond donors (Lipinski definition) is 1. The van der Waals surface area contributed by atoms with E-state index in [1.54, 1.807) is 21.8 Å². The van der Waals surface area contributed by atoms with Crippen LogP contribution in [0.3, 0.4) is 0 Å². The van der Waals surface area contributed by atoms with Crippen LogP contribution in [-0.2, 0) is 14.1 Å². The quantitative estimate of drug-likeness (QED) is 0.487. The molecule has 0 saturated heterocycles. The first-order valence-corrected chi connectivity index (χ1v) is 9.87. The molecule has 0 atom stereocenters. The first-order valence-electron chi connectivity index (χ1n) is 9.87. The van der Waals surface area contributed by atoms with Gasteiger partial charge in [0.2, 0.25) is 0 Å². The summed E-state index contributed by atoms with van der Waals surface area (Å²) in [6, 6.07) is 7.98. The number of fused-ring (bicyclic) bond motifs is 2. The van der Waals surface area contributed by atoms with Crippen molar-refractivity contribution in [3.63, 3.8) is 0 Å². The van der Waals surface area contributed by atoms with Gasteiger partial charge >= 0.3 is 0 Å². The SMILES string of the molecule is Cn1ccc2ccc(-n3cc(Nc4cc(OC5CC5)c5cnn(C)c5n4)cn3)nc21. The van der Waals surface area contributed by atoms with E-state index >= 15 is 0 Å². The summed E-state index contributed by atoms with van der Waals surface area (Å²) in [5.41, 5.74) is 2.51. The van der Waals surface area contributed by atoms with Crippen LogP contribution in [0.5, 0.6) is 5.75 Å². The normalized spacial score (nSPS) is 13.9. The van der Waals surface area contributed by atoms with E-state index in [-0.39, 0.29) is 0 Å². The summed E-state index contributed by atoms with van der Waals surface area (Å²) in [7, 11) is 3.86. The summed E-state index contributed by atoms with van der Waals surface area (Å²) < 4.78 is 11.6. The van der Waals surface area contributed by atoms with Gasteiger partial charge in [-0.05, 0) is 31.0 Å². The highest BCUT2D eigenvalue weighted by Crippen LogP contribution is 2.34. The second-order valence-electron chi connectivity index (χ2n) is 7.64. The van der Waals surface area contributed by atoms with Crippen LogP contribution in [0.1, 0.15) is 12.8 Å². The monoisotopic (exact) mass is 400 g/mol. The lowest BCUT2D eigenvalue weighted by Crippen LogP contribution is -2.01. The van der Waals surface area contributed by atoms with E-state index in [0.29, 0.717) is 11.9 Å². The van der Waals surface area contributed by atoms with Gasteiger partial charge in [-0.2, -0.15) is 10.2 Å². The minimum absolute atomic E-state index is 0.296. The van der Waals surface area contributed by atoms with Crippen molar-refractivity contribution in [2.45, 2.75) is 18.9 Å². The molecule has 0 spiro atoms. The molecule has 0 radical (unpaired) electrons. The molecule has 0 aromatic carbocycles. The highest BCUT2D eigenvalue weighted by molar-refractivity contribution is 5.84. The van der Waals surface area contributed by atoms with Crippen LogP contribution in [0.4, 0.5) is 11.5 Å². The van der Waals surface area contributed by atoms with E-state index in [1.165, 1.54) is 0 Å². The van der Waals surface area contributed by atoms with Gasteiger partial charge in [0, 0.05) is 31.7 Å². The van der Waals surface area contributed by atoms with Crippen LogP contribution < -0.4 is 10.1 Å². The lowest BCUT2D eigenvalue weighted by atomic mass is 10.3. The molecule has 1 fully saturated rings. The van der Waals surface area contributed by atoms with Gasteiger partial charge in [-0.25, -0.2) is 14.6 Å². The molecule has 150 valence electrons. The molecule has 5 heterocycles. The van der Waals surface area contributed by atoms with Crippen molar-refractivity contribution in [1.82, 2.24) is 34.1 Å². The summed E-state index contributed by atoms with van der Waals surface area (Å²) in [6.07, 6.45) is 9.94. The number of hydrogen-bond acceptors (Lipinski definition) is 6. The second kappa shape index (κ2) is 6.31. The largest absolute Gasteiger partial charge is 0.489 e. The second-order valence-corrected chi connectivity index (χ2v) is 7.64. The fraction of sp³-hybridized carbons (Fsp3) is 0.238. The Kier molecular flexibility index (Phi) is 3.58. The minimum Gasteiger partial charge on any atom is -0.489 e. The van der Waals surface area contributed by atoms with E-state index in [9.17, 15) is 0 Å². The van der Waals surface area contributed by atoms with E-state index in [4.69, 9.17) is 14.7 Å². The van der Waals surface area contributed by atoms with Gasteiger partial charge < -0.3 is 14.6 Å². The maximum atomic E-state index is 6.08. The van der Waals surface area contributed by atoms with E-state index in [0.717, 1.165) is 52.2 Å². The molecule has 0 bridgehead atoms. The van der Waals surface area contributed by atoms with E-state index < -0.39 is 0 Å². The number of nitrogens with one attached hydrogen (secondary N) is 1. The van der Waals surface area contributed by atoms with Crippen molar-refractivity contribution < 1.29 is 4.74 Å². The zero-order valence-corrected chi connectivity index (χ0v) is 16.6. The number of pyridine rings is 2. The van der Waals surface area contributed by atoms with Crippen LogP contribution in [0, 0.1) is 0 Å². The molecule has 5 aromatic heterocycles. The number of anilines is 2. The molecule has 1 N–H and O–H groups in total. The van der Waals surface area contributed by atoms with Crippen molar-refractivity contribution in [3.05, 3.63) is 49.1 Å². The highest BCUT2D eigenvalue weighted by atomic mass is 16.5. The summed E-state index contributed by atoms with van der Waals surface area (Å²) in [5, 5.41) is 14.1. The zero-order valence-electron chi connectivity index (χ0n) is 16.6. The molecule has 6 rings (SSSR count). The number of ether oxygens (including phenoxy) is 1. The standard InChI is InChI=1S/C21H20N8O/c1-27-8-7-13-3-6-19(26-20(13)27)29-12-14(10-23-29)24-18-9-17(30-15-4-5-15)16-11-22-28(2)21(16)25-18/h3,6-12,15H,4-5H2,1-2H3,(H,24,25). The maximum absolute atomic E-state index is 6.08. The van der Waals surface area contributed by atoms with Crippen LogP contribution in [0.15, 0.2) is 49.1 Å². The Labute approximate surface area is 171 Å². The van der Waals surface area contributed by atoms with Crippen molar-refractivity contribution in [3.8, 4) is 11.6 Å². The van der Waals surface area contributed by atoms with Crippen LogP contribution in [0.25, 0.3) is 27.9 Å². The van der Waals surface area contributed by atoms with E-state index in [2.05, 4.69) is 15.5 Å². The third-order valence-electron chi connectivity index (χ3n) is 5.28. The van der Waals surface area contributed by atoms with Crippen LogP contribution in [-0.4, -0.2) is 40.2 Å². The molecule has 1 saturated carbocycles. The summed E-state index contributed by atoms with van der Waals surface area (Å²) >= 11 is 0. The van der Waals surface area contributed by atoms with Crippen LogP contribution >= 0.6 is 0 Å². The third kappa shape index (κ3) is 2.86. The Hall–Kier alpha value is -3.88. The summed E-state index contributed by atoms with van der Waals surface area (Å²) in [4.78, 5) is 9.41. The smallest absolute Gasteiger partial charge is 0.163 e. The van der Waals surface area contributed by atoms with Gasteiger partial charge in [-0.1, -0.05) is 0 Å². The zero-order chi connectivity index (χ0) is 20.2. The first kappa shape index (κ1) is 17.0. The van der Waals surface area contributed by atoms with E-state index in [1.807, 2.05) is 55.3 Å². The molecule has 9 heteroatoms. The Morgan fingerprint density at radius 3 is 2.80 bits per heavy atom. The van der Waals surface area contributed by atoms with Gasteiger partial charge in [-0.15, -0.1) is 0 Å². The molecule has 1 aliphatic rings. The average molecular weight is 400 g/mol. The average Bonchev–Trinajstić information content (AvgIpc) is 3.13. The van der Waals surface area contributed by atoms with Crippen molar-refractivity contribution in [2.24, 2.45) is 14.1 Å². The molecular formula is C21H20N8O. The Bertz CT molecular complexity index is 1390. The predicted octanol–water partition coefficient (Wildman–Crippen LogP) is 3.33. The number of rotatable bonds is 5. The number of aromatic nitrogens is 7. The molecular weight excluding hydrogens is 380 g/mol. The molecule has 5 aromatic rings. The van der Waals surface area contributed by atoms with Crippen LogP contribution in [0.2, 0.25) is 0 Å². The minimum atomic E-state index is 0.296. The first-order chi connectivity index (χ1) is 14.6. The summed E-state index contributed by atoms with van der Waals surface area (Å²) in [6.45, 7) is 0. The van der Waals surface area contributed by atoms with Gasteiger partial charge in [-0.3, -0.25) is 4.68 Å². The summed E-state index contributed by atoms with van der Waals surface area (Å²) in [5.74, 6) is 2.25. The number of nitrogens with zero attached hydrogens (tertiary/aromatic N) is 7. The van der Waals surface area contributed by atoms with Gasteiger partial charge in [0.05, 0.1) is 35.8 Å². The lowest BCUT2D eigenvalue weighted by molar-refractivity contribution is 0.307. The maximum Gasteiger partial charge on any atom is 0.163 e. The van der Waals surface area contributed by atoms with Crippen molar-refractivity contribution in [1.29, 1.82) is 0 Å². The third-order valence-corrected chi connectivity index (χ3v) is 5.28. The Morgan fingerprint density at radius 2 is 1.93 bits per heavy atom. The topological polar surface area (TPSA) is 87.6 Å². The lowest BCUT2D eigenvalue weighted by Gasteiger charge is -2.09. The van der Waals surface area contributed by atoms with Gasteiger partial charge in [0.25, 0.3) is 0 Å². The van der Waals surface area contributed by atoms with Gasteiger partial charge in [0.15, 0.2) is 11.5 Å². The Balaban J connectivity index is 1.33. The molecule has 0 unspecified atom stereocenters. The fourth-order valence-corrected chi connectivity index (χ4v) is 3.53. The van der Waals surface area contributed by atoms with Crippen molar-refractivity contribution >= 4 is 33.6 Å². The molecule has 30 heavy (non-hydrogen) atoms. The molecule has 0 amide bonds. The highest BCUT2D eigenvalue weighted by Gasteiger charge is 2.25. The predicted molar refractivity (Wildman–Crippen MR) is 113 cm³/mol. The number of aryl methyl sites for hydroxylation is 2.